The number of carbonyl (C=O) groups excluding carboxylic acids is 1. The summed E-state index contributed by atoms with van der Waals surface area (Å²) in [6.07, 6.45) is 0. The Kier molecular flexibility index (Phi) is 4.09. The average Bonchev–Trinajstić information content (AvgIpc) is 2.37. The van der Waals surface area contributed by atoms with E-state index >= 15 is 0 Å². The molecule has 1 amide bonds. The molecule has 3 N–H and O–H groups in total. The average molecular weight is 366 g/mol. The molecule has 0 unspecified atom stereocenters. The fourth-order valence-corrected chi connectivity index (χ4v) is 2.38. The van der Waals surface area contributed by atoms with Gasteiger partial charge in [-0.25, -0.2) is 0 Å². The molecule has 0 radical (unpaired) electrons. The summed E-state index contributed by atoms with van der Waals surface area (Å²) >= 11 is 2.19. The van der Waals surface area contributed by atoms with Crippen LogP contribution >= 0.6 is 22.6 Å². The summed E-state index contributed by atoms with van der Waals surface area (Å²) in [6.45, 7) is 3.91. The van der Waals surface area contributed by atoms with Gasteiger partial charge >= 0.3 is 0 Å². The lowest BCUT2D eigenvalue weighted by Gasteiger charge is -2.10. The van der Waals surface area contributed by atoms with Crippen molar-refractivity contribution in [2.24, 2.45) is 0 Å². The molecule has 98 valence electrons. The zero-order chi connectivity index (χ0) is 14.0. The number of benzene rings is 2. The molecule has 4 heteroatoms. The monoisotopic (exact) mass is 366 g/mol. The summed E-state index contributed by atoms with van der Waals surface area (Å²) in [7, 11) is 0. The number of anilines is 2. The first kappa shape index (κ1) is 13.9. The Morgan fingerprint density at radius 1 is 1.16 bits per heavy atom. The molecular weight excluding hydrogens is 351 g/mol. The number of rotatable bonds is 2. The van der Waals surface area contributed by atoms with Crippen LogP contribution in [0.25, 0.3) is 0 Å². The highest BCUT2D eigenvalue weighted by atomic mass is 127. The predicted octanol–water partition coefficient (Wildman–Crippen LogP) is 3.74. The molecule has 0 heterocycles. The summed E-state index contributed by atoms with van der Waals surface area (Å²) in [5, 5.41) is 2.90. The van der Waals surface area contributed by atoms with Crippen LogP contribution in [0.4, 0.5) is 11.4 Å². The molecule has 0 saturated carbocycles. The van der Waals surface area contributed by atoms with Crippen LogP contribution in [0.1, 0.15) is 21.5 Å². The molecule has 0 aliphatic carbocycles. The molecule has 2 aromatic carbocycles. The van der Waals surface area contributed by atoms with Crippen molar-refractivity contribution in [3.05, 3.63) is 56.7 Å². The number of hydrogen-bond donors (Lipinski definition) is 2. The number of aryl methyl sites for hydroxylation is 2. The van der Waals surface area contributed by atoms with Gasteiger partial charge in [-0.1, -0.05) is 12.1 Å². The molecule has 0 atom stereocenters. The maximum Gasteiger partial charge on any atom is 0.256 e. The number of halogens is 1. The van der Waals surface area contributed by atoms with Gasteiger partial charge in [-0.2, -0.15) is 0 Å². The molecule has 2 aromatic rings. The van der Waals surface area contributed by atoms with Gasteiger partial charge in [0.2, 0.25) is 0 Å². The Morgan fingerprint density at radius 3 is 2.58 bits per heavy atom. The smallest absolute Gasteiger partial charge is 0.256 e. The normalized spacial score (nSPS) is 10.3. The summed E-state index contributed by atoms with van der Waals surface area (Å²) in [5.74, 6) is -0.0997. The van der Waals surface area contributed by atoms with Crippen LogP contribution in [-0.2, 0) is 0 Å². The van der Waals surface area contributed by atoms with Crippen LogP contribution in [0, 0.1) is 17.4 Å². The SMILES string of the molecule is Cc1cc(NC(=O)c2cccc(C)c2I)ccc1N. The van der Waals surface area contributed by atoms with Crippen molar-refractivity contribution in [3.63, 3.8) is 0 Å². The number of carbonyl (C=O) groups is 1. The van der Waals surface area contributed by atoms with Gasteiger partial charge in [0.1, 0.15) is 0 Å². The standard InChI is InChI=1S/C15H15IN2O/c1-9-4-3-5-12(14(9)16)15(19)18-11-6-7-13(17)10(2)8-11/h3-8H,17H2,1-2H3,(H,18,19). The first-order valence-electron chi connectivity index (χ1n) is 5.91. The second kappa shape index (κ2) is 5.61. The van der Waals surface area contributed by atoms with Crippen molar-refractivity contribution in [2.75, 3.05) is 11.1 Å². The van der Waals surface area contributed by atoms with E-state index in [0.29, 0.717) is 5.56 Å². The van der Waals surface area contributed by atoms with Crippen LogP contribution in [0.15, 0.2) is 36.4 Å². The van der Waals surface area contributed by atoms with Gasteiger partial charge in [0.25, 0.3) is 5.91 Å². The lowest BCUT2D eigenvalue weighted by atomic mass is 10.1. The fraction of sp³-hybridized carbons (Fsp3) is 0.133. The Labute approximate surface area is 126 Å². The highest BCUT2D eigenvalue weighted by molar-refractivity contribution is 14.1. The van der Waals surface area contributed by atoms with Crippen LogP contribution in [0.2, 0.25) is 0 Å². The number of nitrogen functional groups attached to an aromatic ring is 1. The minimum Gasteiger partial charge on any atom is -0.399 e. The van der Waals surface area contributed by atoms with E-state index in [1.165, 1.54) is 0 Å². The third kappa shape index (κ3) is 3.07. The van der Waals surface area contributed by atoms with Gasteiger partial charge < -0.3 is 11.1 Å². The highest BCUT2D eigenvalue weighted by Gasteiger charge is 2.11. The van der Waals surface area contributed by atoms with E-state index in [4.69, 9.17) is 5.73 Å². The molecule has 0 fully saturated rings. The third-order valence-corrected chi connectivity index (χ3v) is 4.40. The number of nitrogens with two attached hydrogens (primary N) is 1. The highest BCUT2D eigenvalue weighted by Crippen LogP contribution is 2.20. The number of amides is 1. The van der Waals surface area contributed by atoms with Gasteiger partial charge in [0, 0.05) is 14.9 Å². The largest absolute Gasteiger partial charge is 0.399 e. The van der Waals surface area contributed by atoms with Gasteiger partial charge in [-0.3, -0.25) is 4.79 Å². The summed E-state index contributed by atoms with van der Waals surface area (Å²) in [5.41, 5.74) is 9.99. The molecule has 0 aromatic heterocycles. The van der Waals surface area contributed by atoms with Crippen molar-refractivity contribution in [2.45, 2.75) is 13.8 Å². The molecule has 0 spiro atoms. The van der Waals surface area contributed by atoms with Crippen molar-refractivity contribution >= 4 is 39.9 Å². The van der Waals surface area contributed by atoms with Crippen molar-refractivity contribution < 1.29 is 4.79 Å². The molecule has 0 aliphatic heterocycles. The number of nitrogens with one attached hydrogen (secondary N) is 1. The van der Waals surface area contributed by atoms with Crippen LogP contribution in [0.3, 0.4) is 0 Å². The number of hydrogen-bond acceptors (Lipinski definition) is 2. The van der Waals surface area contributed by atoms with Gasteiger partial charge in [-0.05, 0) is 71.8 Å². The Balaban J connectivity index is 2.26. The van der Waals surface area contributed by atoms with Crippen LogP contribution < -0.4 is 11.1 Å². The van der Waals surface area contributed by atoms with Crippen LogP contribution in [0.5, 0.6) is 0 Å². The lowest BCUT2D eigenvalue weighted by molar-refractivity contribution is 0.102. The third-order valence-electron chi connectivity index (χ3n) is 2.96. The molecule has 0 saturated heterocycles. The fourth-order valence-electron chi connectivity index (χ4n) is 1.77. The molecule has 0 bridgehead atoms. The van der Waals surface area contributed by atoms with Gasteiger partial charge in [-0.15, -0.1) is 0 Å². The summed E-state index contributed by atoms with van der Waals surface area (Å²) in [4.78, 5) is 12.2. The second-order valence-corrected chi connectivity index (χ2v) is 5.54. The molecular formula is C15H15IN2O. The van der Waals surface area contributed by atoms with E-state index in [1.54, 1.807) is 6.07 Å². The van der Waals surface area contributed by atoms with E-state index in [1.807, 2.05) is 44.2 Å². The summed E-state index contributed by atoms with van der Waals surface area (Å²) in [6, 6.07) is 11.2. The Morgan fingerprint density at radius 2 is 1.89 bits per heavy atom. The Hall–Kier alpha value is -1.56. The van der Waals surface area contributed by atoms with E-state index in [2.05, 4.69) is 27.9 Å². The van der Waals surface area contributed by atoms with E-state index in [0.717, 1.165) is 26.1 Å². The minimum absolute atomic E-state index is 0.0997. The quantitative estimate of drug-likeness (QED) is 0.629. The van der Waals surface area contributed by atoms with Crippen molar-refractivity contribution in [1.29, 1.82) is 0 Å². The van der Waals surface area contributed by atoms with Gasteiger partial charge in [0.05, 0.1) is 5.56 Å². The Bertz CT molecular complexity index is 638. The first-order chi connectivity index (χ1) is 8.99. The predicted molar refractivity (Wildman–Crippen MR) is 87.4 cm³/mol. The van der Waals surface area contributed by atoms with E-state index in [9.17, 15) is 4.79 Å². The summed E-state index contributed by atoms with van der Waals surface area (Å²) < 4.78 is 0.977. The molecule has 0 aliphatic rings. The van der Waals surface area contributed by atoms with Crippen molar-refractivity contribution in [3.8, 4) is 0 Å². The zero-order valence-electron chi connectivity index (χ0n) is 10.8. The maximum absolute atomic E-state index is 12.2. The molecule has 3 nitrogen and oxygen atoms in total. The van der Waals surface area contributed by atoms with E-state index in [-0.39, 0.29) is 5.91 Å². The second-order valence-electron chi connectivity index (χ2n) is 4.46. The maximum atomic E-state index is 12.2. The van der Waals surface area contributed by atoms with Gasteiger partial charge in [0.15, 0.2) is 0 Å². The van der Waals surface area contributed by atoms with E-state index < -0.39 is 0 Å². The molecule has 2 rings (SSSR count). The van der Waals surface area contributed by atoms with Crippen molar-refractivity contribution in [1.82, 2.24) is 0 Å². The molecule has 19 heavy (non-hydrogen) atoms. The zero-order valence-corrected chi connectivity index (χ0v) is 13.0. The lowest BCUT2D eigenvalue weighted by Crippen LogP contribution is -2.14. The van der Waals surface area contributed by atoms with Crippen LogP contribution in [-0.4, -0.2) is 5.91 Å². The first-order valence-corrected chi connectivity index (χ1v) is 6.99. The minimum atomic E-state index is -0.0997. The topological polar surface area (TPSA) is 55.1 Å².